The number of nitrogens with one attached hydrogen (secondary N) is 1. The van der Waals surface area contributed by atoms with Gasteiger partial charge >= 0.3 is 0 Å². The second kappa shape index (κ2) is 6.04. The Hall–Kier alpha value is -0.580. The minimum Gasteiger partial charge on any atom is -0.396 e. The Morgan fingerprint density at radius 3 is 2.90 bits per heavy atom. The summed E-state index contributed by atoms with van der Waals surface area (Å²) in [6, 6.07) is 5.60. The van der Waals surface area contributed by atoms with Crippen molar-refractivity contribution in [2.45, 2.75) is 43.0 Å². The summed E-state index contributed by atoms with van der Waals surface area (Å²) in [6.07, 6.45) is 5.67. The molecular formula is C16H22FNOS. The van der Waals surface area contributed by atoms with Gasteiger partial charge in [0.25, 0.3) is 0 Å². The number of hydrogen-bond donors (Lipinski definition) is 2. The maximum Gasteiger partial charge on any atom is 0.137 e. The molecule has 1 saturated carbocycles. The highest BCUT2D eigenvalue weighted by Crippen LogP contribution is 2.40. The Kier molecular flexibility index (Phi) is 4.34. The van der Waals surface area contributed by atoms with Crippen molar-refractivity contribution in [1.82, 2.24) is 5.32 Å². The third kappa shape index (κ3) is 2.74. The summed E-state index contributed by atoms with van der Waals surface area (Å²) in [4.78, 5) is 0.806. The summed E-state index contributed by atoms with van der Waals surface area (Å²) < 4.78 is 13.8. The van der Waals surface area contributed by atoms with Crippen LogP contribution in [0.2, 0.25) is 0 Å². The monoisotopic (exact) mass is 295 g/mol. The number of benzene rings is 1. The lowest BCUT2D eigenvalue weighted by Crippen LogP contribution is -2.38. The van der Waals surface area contributed by atoms with E-state index >= 15 is 0 Å². The van der Waals surface area contributed by atoms with Gasteiger partial charge in [-0.3, -0.25) is 0 Å². The molecule has 1 heterocycles. The van der Waals surface area contributed by atoms with Crippen molar-refractivity contribution in [1.29, 1.82) is 0 Å². The summed E-state index contributed by atoms with van der Waals surface area (Å²) in [5.41, 5.74) is 1.14. The number of aliphatic hydroxyl groups excluding tert-OH is 1. The molecule has 2 aliphatic rings. The molecule has 110 valence electrons. The van der Waals surface area contributed by atoms with Crippen LogP contribution < -0.4 is 5.32 Å². The van der Waals surface area contributed by atoms with Crippen molar-refractivity contribution in [3.63, 3.8) is 0 Å². The Labute approximate surface area is 124 Å². The van der Waals surface area contributed by atoms with Gasteiger partial charge in [0.1, 0.15) is 5.82 Å². The van der Waals surface area contributed by atoms with Crippen LogP contribution in [0.4, 0.5) is 4.39 Å². The van der Waals surface area contributed by atoms with Crippen molar-refractivity contribution >= 4 is 11.8 Å². The van der Waals surface area contributed by atoms with Crippen LogP contribution in [-0.2, 0) is 0 Å². The lowest BCUT2D eigenvalue weighted by Gasteiger charge is -2.32. The molecule has 0 aromatic heterocycles. The summed E-state index contributed by atoms with van der Waals surface area (Å²) in [6.45, 7) is 1.10. The van der Waals surface area contributed by atoms with Crippen LogP contribution in [0.3, 0.4) is 0 Å². The van der Waals surface area contributed by atoms with Crippen LogP contribution in [0.15, 0.2) is 23.1 Å². The first-order chi connectivity index (χ1) is 9.74. The number of fused-ring (bicyclic) bond motifs is 1. The smallest absolute Gasteiger partial charge is 0.137 e. The number of rotatable bonds is 4. The molecule has 0 radical (unpaired) electrons. The van der Waals surface area contributed by atoms with Crippen molar-refractivity contribution in [3.05, 3.63) is 29.6 Å². The van der Waals surface area contributed by atoms with Gasteiger partial charge in [-0.1, -0.05) is 25.0 Å². The molecule has 3 rings (SSSR count). The van der Waals surface area contributed by atoms with Crippen molar-refractivity contribution in [3.8, 4) is 0 Å². The van der Waals surface area contributed by atoms with Gasteiger partial charge in [0, 0.05) is 29.5 Å². The number of thioether (sulfide) groups is 1. The molecule has 1 atom stereocenters. The zero-order valence-corrected chi connectivity index (χ0v) is 12.5. The van der Waals surface area contributed by atoms with E-state index in [1.165, 1.54) is 12.8 Å². The molecule has 2 N–H and O–H groups in total. The van der Waals surface area contributed by atoms with E-state index in [1.54, 1.807) is 23.9 Å². The maximum absolute atomic E-state index is 13.8. The van der Waals surface area contributed by atoms with Crippen LogP contribution in [0, 0.1) is 11.2 Å². The first-order valence-electron chi connectivity index (χ1n) is 7.50. The van der Waals surface area contributed by atoms with Gasteiger partial charge in [-0.2, -0.15) is 0 Å². The highest BCUT2D eigenvalue weighted by Gasteiger charge is 2.34. The molecule has 1 aromatic carbocycles. The molecule has 2 nitrogen and oxygen atoms in total. The van der Waals surface area contributed by atoms with Crippen LogP contribution in [0.25, 0.3) is 0 Å². The molecule has 1 aliphatic heterocycles. The predicted octanol–water partition coefficient (Wildman–Crippen LogP) is 3.50. The minimum atomic E-state index is -0.100. The lowest BCUT2D eigenvalue weighted by molar-refractivity contribution is 0.124. The zero-order valence-electron chi connectivity index (χ0n) is 11.7. The summed E-state index contributed by atoms with van der Waals surface area (Å²) in [5, 5.41) is 13.3. The Morgan fingerprint density at radius 2 is 2.15 bits per heavy atom. The van der Waals surface area contributed by atoms with Crippen LogP contribution >= 0.6 is 11.8 Å². The molecule has 0 amide bonds. The standard InChI is InChI=1S/C16H22FNOS/c17-13-5-3-4-12-14(6-9-20-15(12)13)18-10-16(11-19)7-1-2-8-16/h3-5,14,18-19H,1-2,6-11H2. The van der Waals surface area contributed by atoms with E-state index in [0.29, 0.717) is 0 Å². The quantitative estimate of drug-likeness (QED) is 0.891. The maximum atomic E-state index is 13.8. The van der Waals surface area contributed by atoms with E-state index in [1.807, 2.05) is 6.07 Å². The molecule has 20 heavy (non-hydrogen) atoms. The summed E-state index contributed by atoms with van der Waals surface area (Å²) in [7, 11) is 0. The van der Waals surface area contributed by atoms with Gasteiger partial charge in [-0.05, 0) is 36.6 Å². The molecule has 1 unspecified atom stereocenters. The molecule has 0 bridgehead atoms. The fraction of sp³-hybridized carbons (Fsp3) is 0.625. The van der Waals surface area contributed by atoms with Crippen LogP contribution in [0.5, 0.6) is 0 Å². The van der Waals surface area contributed by atoms with Gasteiger partial charge < -0.3 is 10.4 Å². The highest BCUT2D eigenvalue weighted by molar-refractivity contribution is 7.99. The van der Waals surface area contributed by atoms with Gasteiger partial charge in [0.05, 0.1) is 0 Å². The third-order valence-corrected chi connectivity index (χ3v) is 5.91. The first kappa shape index (κ1) is 14.4. The SMILES string of the molecule is OCC1(CNC2CCSc3c(F)cccc32)CCCC1. The largest absolute Gasteiger partial charge is 0.396 e. The molecule has 1 aliphatic carbocycles. The van der Waals surface area contributed by atoms with Crippen LogP contribution in [0.1, 0.15) is 43.7 Å². The molecule has 1 aromatic rings. The molecule has 4 heteroatoms. The van der Waals surface area contributed by atoms with E-state index in [-0.39, 0.29) is 23.9 Å². The summed E-state index contributed by atoms with van der Waals surface area (Å²) in [5.74, 6) is 0.856. The molecule has 0 spiro atoms. The van der Waals surface area contributed by atoms with E-state index in [0.717, 1.165) is 42.0 Å². The zero-order chi connectivity index (χ0) is 14.0. The third-order valence-electron chi connectivity index (χ3n) is 4.75. The predicted molar refractivity (Wildman–Crippen MR) is 80.5 cm³/mol. The van der Waals surface area contributed by atoms with Gasteiger partial charge in [-0.15, -0.1) is 11.8 Å². The second-order valence-electron chi connectivity index (χ2n) is 6.09. The van der Waals surface area contributed by atoms with E-state index in [4.69, 9.17) is 0 Å². The molecular weight excluding hydrogens is 273 g/mol. The van der Waals surface area contributed by atoms with E-state index in [9.17, 15) is 9.50 Å². The van der Waals surface area contributed by atoms with E-state index in [2.05, 4.69) is 5.32 Å². The lowest BCUT2D eigenvalue weighted by atomic mass is 9.86. The Balaban J connectivity index is 1.72. The topological polar surface area (TPSA) is 32.3 Å². The Morgan fingerprint density at radius 1 is 1.35 bits per heavy atom. The average molecular weight is 295 g/mol. The fourth-order valence-corrected chi connectivity index (χ4v) is 4.59. The van der Waals surface area contributed by atoms with Crippen molar-refractivity contribution in [2.75, 3.05) is 18.9 Å². The van der Waals surface area contributed by atoms with Gasteiger partial charge in [-0.25, -0.2) is 4.39 Å². The second-order valence-corrected chi connectivity index (χ2v) is 7.20. The van der Waals surface area contributed by atoms with Crippen molar-refractivity contribution in [2.24, 2.45) is 5.41 Å². The number of hydrogen-bond acceptors (Lipinski definition) is 3. The number of halogens is 1. The van der Waals surface area contributed by atoms with Crippen molar-refractivity contribution < 1.29 is 9.50 Å². The normalized spacial score (nSPS) is 24.6. The average Bonchev–Trinajstić information content (AvgIpc) is 2.95. The minimum absolute atomic E-state index is 0.0536. The molecule has 0 saturated heterocycles. The Bertz CT molecular complexity index is 474. The van der Waals surface area contributed by atoms with Crippen LogP contribution in [-0.4, -0.2) is 24.0 Å². The molecule has 1 fully saturated rings. The highest BCUT2D eigenvalue weighted by atomic mass is 32.2. The summed E-state index contributed by atoms with van der Waals surface area (Å²) >= 11 is 1.62. The fourth-order valence-electron chi connectivity index (χ4n) is 3.45. The van der Waals surface area contributed by atoms with Gasteiger partial charge in [0.2, 0.25) is 0 Å². The van der Waals surface area contributed by atoms with Gasteiger partial charge in [0.15, 0.2) is 0 Å². The van der Waals surface area contributed by atoms with E-state index < -0.39 is 0 Å². The first-order valence-corrected chi connectivity index (χ1v) is 8.48. The number of aliphatic hydroxyl groups is 1.